The van der Waals surface area contributed by atoms with E-state index in [4.69, 9.17) is 4.98 Å². The number of hydrogen-bond donors (Lipinski definition) is 1. The van der Waals surface area contributed by atoms with Crippen LogP contribution in [0, 0.1) is 12.7 Å². The van der Waals surface area contributed by atoms with Crippen LogP contribution in [0.2, 0.25) is 0 Å². The molecule has 1 aliphatic heterocycles. The minimum Gasteiger partial charge on any atom is -0.324 e. The quantitative estimate of drug-likeness (QED) is 0.815. The Balaban J connectivity index is 1.74. The van der Waals surface area contributed by atoms with Crippen LogP contribution in [0.15, 0.2) is 24.4 Å². The number of urea groups is 1. The second-order valence-electron chi connectivity index (χ2n) is 7.63. The van der Waals surface area contributed by atoms with Crippen molar-refractivity contribution in [1.29, 1.82) is 0 Å². The molecular weight excluding hydrogens is 371 g/mol. The summed E-state index contributed by atoms with van der Waals surface area (Å²) >= 11 is 0. The molecule has 2 aromatic rings. The maximum Gasteiger partial charge on any atom is 0.343 e. The molecule has 0 spiro atoms. The highest BCUT2D eigenvalue weighted by Gasteiger charge is 2.39. The number of carbonyl (C=O) groups excluding carboxylic acids is 1. The SMILES string of the molecule is CCN1C(=O)N(C)c2cnc(Nc3cccc(F)c3C)nc2N1C1CCCCC1. The Kier molecular flexibility index (Phi) is 5.25. The summed E-state index contributed by atoms with van der Waals surface area (Å²) in [5, 5.41) is 6.96. The highest BCUT2D eigenvalue weighted by atomic mass is 19.1. The lowest BCUT2D eigenvalue weighted by Gasteiger charge is -2.47. The van der Waals surface area contributed by atoms with E-state index in [0.29, 0.717) is 35.2 Å². The number of rotatable bonds is 4. The van der Waals surface area contributed by atoms with Crippen LogP contribution in [0.5, 0.6) is 0 Å². The van der Waals surface area contributed by atoms with Gasteiger partial charge in [0.1, 0.15) is 11.5 Å². The molecule has 2 aliphatic rings. The summed E-state index contributed by atoms with van der Waals surface area (Å²) in [5.41, 5.74) is 1.83. The molecule has 1 aliphatic carbocycles. The van der Waals surface area contributed by atoms with Gasteiger partial charge in [-0.15, -0.1) is 0 Å². The Morgan fingerprint density at radius 2 is 2.00 bits per heavy atom. The second-order valence-corrected chi connectivity index (χ2v) is 7.63. The average molecular weight is 398 g/mol. The van der Waals surface area contributed by atoms with Crippen LogP contribution in [-0.4, -0.2) is 40.6 Å². The van der Waals surface area contributed by atoms with E-state index in [2.05, 4.69) is 15.3 Å². The van der Waals surface area contributed by atoms with Crippen molar-refractivity contribution in [2.24, 2.45) is 0 Å². The molecule has 8 heteroatoms. The number of nitrogens with zero attached hydrogens (tertiary/aromatic N) is 5. The number of fused-ring (bicyclic) bond motifs is 1. The summed E-state index contributed by atoms with van der Waals surface area (Å²) in [6, 6.07) is 5.05. The standard InChI is InChI=1S/C21H27FN6O/c1-4-27-21(29)26(3)18-13-23-20(24-17-12-8-11-16(22)14(17)2)25-19(18)28(27)15-9-6-5-7-10-15/h8,11-13,15H,4-7,9-10H2,1-3H3,(H,23,24,25). The molecule has 29 heavy (non-hydrogen) atoms. The first-order valence-corrected chi connectivity index (χ1v) is 10.2. The maximum absolute atomic E-state index is 13.9. The van der Waals surface area contributed by atoms with E-state index in [1.165, 1.54) is 12.5 Å². The third-order valence-electron chi connectivity index (χ3n) is 5.83. The summed E-state index contributed by atoms with van der Waals surface area (Å²) in [7, 11) is 1.75. The molecule has 1 N–H and O–H groups in total. The van der Waals surface area contributed by atoms with Gasteiger partial charge in [0.25, 0.3) is 0 Å². The van der Waals surface area contributed by atoms with Crippen molar-refractivity contribution in [3.63, 3.8) is 0 Å². The molecule has 4 rings (SSSR count). The zero-order valence-corrected chi connectivity index (χ0v) is 17.2. The highest BCUT2D eigenvalue weighted by molar-refractivity contribution is 5.98. The van der Waals surface area contributed by atoms with Gasteiger partial charge in [-0.05, 0) is 38.8 Å². The predicted octanol–water partition coefficient (Wildman–Crippen LogP) is 4.61. The summed E-state index contributed by atoms with van der Waals surface area (Å²) < 4.78 is 13.9. The molecule has 1 saturated carbocycles. The molecule has 0 radical (unpaired) electrons. The van der Waals surface area contributed by atoms with Crippen LogP contribution >= 0.6 is 0 Å². The number of aromatic nitrogens is 2. The van der Waals surface area contributed by atoms with Crippen molar-refractivity contribution < 1.29 is 9.18 Å². The molecule has 2 heterocycles. The van der Waals surface area contributed by atoms with Gasteiger partial charge >= 0.3 is 6.03 Å². The lowest BCUT2D eigenvalue weighted by molar-refractivity contribution is 0.184. The molecule has 1 fully saturated rings. The molecule has 1 aromatic carbocycles. The Morgan fingerprint density at radius 1 is 1.24 bits per heavy atom. The molecule has 1 aromatic heterocycles. The zero-order chi connectivity index (χ0) is 20.5. The van der Waals surface area contributed by atoms with Crippen molar-refractivity contribution >= 4 is 29.2 Å². The van der Waals surface area contributed by atoms with Gasteiger partial charge in [0.2, 0.25) is 5.95 Å². The Hall–Kier alpha value is -2.90. The fraction of sp³-hybridized carbons (Fsp3) is 0.476. The molecular formula is C21H27FN6O. The van der Waals surface area contributed by atoms with Crippen LogP contribution in [0.4, 0.5) is 32.3 Å². The predicted molar refractivity (Wildman–Crippen MR) is 112 cm³/mol. The fourth-order valence-electron chi connectivity index (χ4n) is 4.16. The topological polar surface area (TPSA) is 64.6 Å². The van der Waals surface area contributed by atoms with Gasteiger partial charge in [-0.3, -0.25) is 9.91 Å². The zero-order valence-electron chi connectivity index (χ0n) is 17.2. The number of benzene rings is 1. The van der Waals surface area contributed by atoms with E-state index >= 15 is 0 Å². The Morgan fingerprint density at radius 3 is 2.72 bits per heavy atom. The molecule has 2 amide bonds. The van der Waals surface area contributed by atoms with E-state index in [0.717, 1.165) is 25.7 Å². The van der Waals surface area contributed by atoms with Crippen molar-refractivity contribution in [3.05, 3.63) is 35.8 Å². The summed E-state index contributed by atoms with van der Waals surface area (Å²) in [6.07, 6.45) is 7.26. The lowest BCUT2D eigenvalue weighted by Crippen LogP contribution is -2.59. The maximum atomic E-state index is 13.9. The van der Waals surface area contributed by atoms with E-state index in [1.54, 1.807) is 42.2 Å². The van der Waals surface area contributed by atoms with Crippen molar-refractivity contribution in [2.75, 3.05) is 28.8 Å². The number of amides is 2. The molecule has 0 saturated heterocycles. The number of carbonyl (C=O) groups is 1. The molecule has 7 nitrogen and oxygen atoms in total. The van der Waals surface area contributed by atoms with Crippen LogP contribution < -0.4 is 15.2 Å². The van der Waals surface area contributed by atoms with Gasteiger partial charge in [-0.2, -0.15) is 4.98 Å². The van der Waals surface area contributed by atoms with Gasteiger partial charge in [0.05, 0.1) is 12.2 Å². The first-order valence-electron chi connectivity index (χ1n) is 10.2. The number of halogens is 1. The average Bonchev–Trinajstić information content (AvgIpc) is 2.74. The lowest BCUT2D eigenvalue weighted by atomic mass is 9.94. The minimum absolute atomic E-state index is 0.0733. The van der Waals surface area contributed by atoms with Crippen LogP contribution in [0.1, 0.15) is 44.6 Å². The van der Waals surface area contributed by atoms with Crippen LogP contribution in [0.25, 0.3) is 0 Å². The minimum atomic E-state index is -0.278. The van der Waals surface area contributed by atoms with E-state index < -0.39 is 0 Å². The summed E-state index contributed by atoms with van der Waals surface area (Å²) in [4.78, 5) is 23.7. The normalized spacial score (nSPS) is 17.5. The molecule has 0 bridgehead atoms. The van der Waals surface area contributed by atoms with Crippen LogP contribution in [0.3, 0.4) is 0 Å². The Bertz CT molecular complexity index is 914. The third-order valence-corrected chi connectivity index (χ3v) is 5.83. The van der Waals surface area contributed by atoms with Crippen molar-refractivity contribution in [2.45, 2.75) is 52.0 Å². The number of hydrazine groups is 1. The second kappa shape index (κ2) is 7.85. The van der Waals surface area contributed by atoms with Gasteiger partial charge in [0, 0.05) is 24.8 Å². The van der Waals surface area contributed by atoms with Gasteiger partial charge in [-0.25, -0.2) is 19.2 Å². The number of anilines is 4. The largest absolute Gasteiger partial charge is 0.343 e. The van der Waals surface area contributed by atoms with Gasteiger partial charge < -0.3 is 5.32 Å². The summed E-state index contributed by atoms with van der Waals surface area (Å²) in [6.45, 7) is 4.26. The highest BCUT2D eigenvalue weighted by Crippen LogP contribution is 2.38. The van der Waals surface area contributed by atoms with Gasteiger partial charge in [-0.1, -0.05) is 25.3 Å². The third kappa shape index (κ3) is 3.47. The van der Waals surface area contributed by atoms with Crippen molar-refractivity contribution in [1.82, 2.24) is 15.0 Å². The van der Waals surface area contributed by atoms with Crippen LogP contribution in [-0.2, 0) is 0 Å². The molecule has 154 valence electrons. The number of nitrogens with one attached hydrogen (secondary N) is 1. The first kappa shape index (κ1) is 19.4. The smallest absolute Gasteiger partial charge is 0.324 e. The first-order chi connectivity index (χ1) is 14.0. The Labute approximate surface area is 170 Å². The van der Waals surface area contributed by atoms with E-state index in [1.807, 2.05) is 6.92 Å². The fourth-order valence-corrected chi connectivity index (χ4v) is 4.16. The monoisotopic (exact) mass is 398 g/mol. The molecule has 0 unspecified atom stereocenters. The number of hydrogen-bond acceptors (Lipinski definition) is 5. The van der Waals surface area contributed by atoms with Gasteiger partial charge in [0.15, 0.2) is 5.82 Å². The molecule has 0 atom stereocenters. The summed E-state index contributed by atoms with van der Waals surface area (Å²) in [5.74, 6) is 0.823. The van der Waals surface area contributed by atoms with Crippen molar-refractivity contribution in [3.8, 4) is 0 Å². The van der Waals surface area contributed by atoms with E-state index in [9.17, 15) is 9.18 Å². The van der Waals surface area contributed by atoms with E-state index in [-0.39, 0.29) is 17.9 Å².